The van der Waals surface area contributed by atoms with Crippen molar-refractivity contribution in [2.45, 2.75) is 13.3 Å². The number of benzene rings is 1. The summed E-state index contributed by atoms with van der Waals surface area (Å²) in [4.78, 5) is 23.2. The first-order chi connectivity index (χ1) is 8.70. The van der Waals surface area contributed by atoms with Gasteiger partial charge in [-0.15, -0.1) is 0 Å². The van der Waals surface area contributed by atoms with Crippen molar-refractivity contribution < 1.29 is 9.59 Å². The highest BCUT2D eigenvalue weighted by atomic mass is 16.2. The van der Waals surface area contributed by atoms with Crippen molar-refractivity contribution in [3.05, 3.63) is 42.0 Å². The van der Waals surface area contributed by atoms with E-state index < -0.39 is 0 Å². The number of allylic oxidation sites excluding steroid dienone is 1. The van der Waals surface area contributed by atoms with Crippen molar-refractivity contribution in [2.75, 3.05) is 11.9 Å². The molecule has 0 saturated carbocycles. The highest BCUT2D eigenvalue weighted by Gasteiger charge is 2.25. The number of anilines is 1. The molecule has 1 aliphatic rings. The largest absolute Gasteiger partial charge is 0.352 e. The molecule has 0 aliphatic carbocycles. The van der Waals surface area contributed by atoms with Crippen LogP contribution in [0.4, 0.5) is 5.69 Å². The van der Waals surface area contributed by atoms with Crippen molar-refractivity contribution in [3.8, 4) is 0 Å². The molecule has 4 heteroatoms. The molecule has 18 heavy (non-hydrogen) atoms. The second-order valence-corrected chi connectivity index (χ2v) is 4.29. The molecule has 2 N–H and O–H groups in total. The minimum absolute atomic E-state index is 0.0329. The third-order valence-electron chi connectivity index (χ3n) is 2.95. The maximum atomic E-state index is 11.8. The van der Waals surface area contributed by atoms with Gasteiger partial charge in [-0.2, -0.15) is 0 Å². The highest BCUT2D eigenvalue weighted by molar-refractivity contribution is 5.96. The van der Waals surface area contributed by atoms with E-state index in [1.54, 1.807) is 13.0 Å². The number of carbonyl (C=O) groups excluding carboxylic acids is 2. The van der Waals surface area contributed by atoms with Crippen molar-refractivity contribution in [2.24, 2.45) is 5.92 Å². The monoisotopic (exact) mass is 244 g/mol. The van der Waals surface area contributed by atoms with Crippen LogP contribution in [0.5, 0.6) is 0 Å². The Labute approximate surface area is 106 Å². The van der Waals surface area contributed by atoms with Crippen LogP contribution in [0.15, 0.2) is 36.4 Å². The average Bonchev–Trinajstić information content (AvgIpc) is 2.36. The molecule has 1 atom stereocenters. The first kappa shape index (κ1) is 12.4. The van der Waals surface area contributed by atoms with Crippen LogP contribution in [0.25, 0.3) is 0 Å². The number of rotatable bonds is 3. The second kappa shape index (κ2) is 5.49. The molecule has 1 unspecified atom stereocenters. The maximum absolute atomic E-state index is 11.8. The summed E-state index contributed by atoms with van der Waals surface area (Å²) in [6, 6.07) is 7.73. The summed E-state index contributed by atoms with van der Waals surface area (Å²) in [7, 11) is 0. The molecule has 0 saturated heterocycles. The first-order valence-corrected chi connectivity index (χ1v) is 6.00. The summed E-state index contributed by atoms with van der Waals surface area (Å²) >= 11 is 0. The fraction of sp³-hybridized carbons (Fsp3) is 0.286. The molecule has 1 aliphatic heterocycles. The zero-order chi connectivity index (χ0) is 13.0. The van der Waals surface area contributed by atoms with Crippen LogP contribution < -0.4 is 10.6 Å². The maximum Gasteiger partial charge on any atom is 0.243 e. The number of amides is 2. The number of fused-ring (bicyclic) bond motifs is 1. The topological polar surface area (TPSA) is 58.2 Å². The van der Waals surface area contributed by atoms with E-state index in [1.807, 2.05) is 24.3 Å². The quantitative estimate of drug-likeness (QED) is 0.791. The fourth-order valence-corrected chi connectivity index (χ4v) is 2.01. The van der Waals surface area contributed by atoms with E-state index >= 15 is 0 Å². The predicted molar refractivity (Wildman–Crippen MR) is 70.1 cm³/mol. The minimum atomic E-state index is -0.200. The number of para-hydroxylation sites is 1. The molecular formula is C14H16N2O2. The lowest BCUT2D eigenvalue weighted by Gasteiger charge is -2.24. The lowest BCUT2D eigenvalue weighted by atomic mass is 9.93. The summed E-state index contributed by atoms with van der Waals surface area (Å²) in [5.74, 6) is -0.396. The summed E-state index contributed by atoms with van der Waals surface area (Å²) in [6.07, 6.45) is 3.79. The van der Waals surface area contributed by atoms with E-state index in [-0.39, 0.29) is 17.7 Å². The summed E-state index contributed by atoms with van der Waals surface area (Å²) in [6.45, 7) is 2.15. The van der Waals surface area contributed by atoms with Gasteiger partial charge in [-0.05, 0) is 31.1 Å². The smallest absolute Gasteiger partial charge is 0.243 e. The van der Waals surface area contributed by atoms with Crippen LogP contribution in [0, 0.1) is 5.92 Å². The Bertz CT molecular complexity index is 494. The van der Waals surface area contributed by atoms with E-state index in [2.05, 4.69) is 10.6 Å². The highest BCUT2D eigenvalue weighted by Crippen LogP contribution is 2.24. The lowest BCUT2D eigenvalue weighted by Crippen LogP contribution is -2.38. The Kier molecular flexibility index (Phi) is 3.77. The Morgan fingerprint density at radius 3 is 3.06 bits per heavy atom. The average molecular weight is 244 g/mol. The molecule has 0 bridgehead atoms. The normalized spacial score (nSPS) is 18.3. The van der Waals surface area contributed by atoms with E-state index in [4.69, 9.17) is 0 Å². The van der Waals surface area contributed by atoms with Gasteiger partial charge in [0.05, 0.1) is 5.92 Å². The van der Waals surface area contributed by atoms with Crippen molar-refractivity contribution >= 4 is 17.5 Å². The Hall–Kier alpha value is -2.10. The molecule has 0 aromatic heterocycles. The van der Waals surface area contributed by atoms with E-state index in [9.17, 15) is 9.59 Å². The minimum Gasteiger partial charge on any atom is -0.352 e. The van der Waals surface area contributed by atoms with Gasteiger partial charge < -0.3 is 10.6 Å². The third-order valence-corrected chi connectivity index (χ3v) is 2.95. The third kappa shape index (κ3) is 2.77. The second-order valence-electron chi connectivity index (χ2n) is 4.29. The summed E-state index contributed by atoms with van der Waals surface area (Å²) in [5.41, 5.74) is 1.99. The van der Waals surface area contributed by atoms with Gasteiger partial charge in [0.1, 0.15) is 0 Å². The molecule has 1 aromatic carbocycles. The van der Waals surface area contributed by atoms with Crippen molar-refractivity contribution in [3.63, 3.8) is 0 Å². The van der Waals surface area contributed by atoms with E-state index in [0.29, 0.717) is 13.0 Å². The van der Waals surface area contributed by atoms with Crippen LogP contribution >= 0.6 is 0 Å². The number of carbonyl (C=O) groups is 2. The standard InChI is InChI=1S/C14H16N2O2/c1-2-5-13(17)15-9-11-8-10-6-3-4-7-12(10)16-14(11)18/h2-7,11H,8-9H2,1H3,(H,15,17)(H,16,18). The molecule has 2 rings (SSSR count). The van der Waals surface area contributed by atoms with Crippen LogP contribution in [0.2, 0.25) is 0 Å². The molecule has 1 aromatic rings. The summed E-state index contributed by atoms with van der Waals surface area (Å²) in [5, 5.41) is 5.59. The van der Waals surface area contributed by atoms with Gasteiger partial charge >= 0.3 is 0 Å². The Morgan fingerprint density at radius 2 is 2.28 bits per heavy atom. The van der Waals surface area contributed by atoms with Gasteiger partial charge in [0.25, 0.3) is 0 Å². The van der Waals surface area contributed by atoms with Crippen molar-refractivity contribution in [1.82, 2.24) is 5.32 Å². The SMILES string of the molecule is CC=CC(=O)NCC1Cc2ccccc2NC1=O. The Morgan fingerprint density at radius 1 is 1.50 bits per heavy atom. The number of hydrogen-bond acceptors (Lipinski definition) is 2. The summed E-state index contributed by atoms with van der Waals surface area (Å²) < 4.78 is 0. The van der Waals surface area contributed by atoms with Crippen LogP contribution in [-0.4, -0.2) is 18.4 Å². The molecular weight excluding hydrogens is 228 g/mol. The van der Waals surface area contributed by atoms with Gasteiger partial charge in [0.2, 0.25) is 11.8 Å². The van der Waals surface area contributed by atoms with E-state index in [1.165, 1.54) is 6.08 Å². The van der Waals surface area contributed by atoms with Crippen LogP contribution in [-0.2, 0) is 16.0 Å². The predicted octanol–water partition coefficient (Wildman–Crippen LogP) is 1.49. The van der Waals surface area contributed by atoms with Gasteiger partial charge in [-0.3, -0.25) is 9.59 Å². The molecule has 94 valence electrons. The van der Waals surface area contributed by atoms with Crippen molar-refractivity contribution in [1.29, 1.82) is 0 Å². The molecule has 0 spiro atoms. The molecule has 0 fully saturated rings. The molecule has 2 amide bonds. The van der Waals surface area contributed by atoms with Crippen LogP contribution in [0.1, 0.15) is 12.5 Å². The van der Waals surface area contributed by atoms with Gasteiger partial charge in [-0.25, -0.2) is 0 Å². The fourth-order valence-electron chi connectivity index (χ4n) is 2.01. The van der Waals surface area contributed by atoms with Gasteiger partial charge in [-0.1, -0.05) is 24.3 Å². The molecule has 4 nitrogen and oxygen atoms in total. The zero-order valence-corrected chi connectivity index (χ0v) is 10.3. The zero-order valence-electron chi connectivity index (χ0n) is 10.3. The van der Waals surface area contributed by atoms with Crippen LogP contribution in [0.3, 0.4) is 0 Å². The molecule has 1 heterocycles. The van der Waals surface area contributed by atoms with Gasteiger partial charge in [0.15, 0.2) is 0 Å². The Balaban J connectivity index is 2.00. The molecule has 0 radical (unpaired) electrons. The van der Waals surface area contributed by atoms with Gasteiger partial charge in [0, 0.05) is 12.2 Å². The number of nitrogens with one attached hydrogen (secondary N) is 2. The lowest BCUT2D eigenvalue weighted by molar-refractivity contribution is -0.120. The first-order valence-electron chi connectivity index (χ1n) is 6.00. The van der Waals surface area contributed by atoms with E-state index in [0.717, 1.165) is 11.3 Å². The number of hydrogen-bond donors (Lipinski definition) is 2.